The molecule has 162 valence electrons. The van der Waals surface area contributed by atoms with Gasteiger partial charge in [-0.25, -0.2) is 8.42 Å². The number of aromatic nitrogens is 1. The molecule has 0 radical (unpaired) electrons. The van der Waals surface area contributed by atoms with Crippen LogP contribution in [0.15, 0.2) is 89.5 Å². The van der Waals surface area contributed by atoms with Crippen molar-refractivity contribution >= 4 is 27.6 Å². The molecule has 1 unspecified atom stereocenters. The number of piperidine rings is 1. The molecule has 0 spiro atoms. The largest absolute Gasteiger partial charge is 0.333 e. The number of hydrogen-bond acceptors (Lipinski definition) is 5. The highest BCUT2D eigenvalue weighted by molar-refractivity contribution is 7.90. The van der Waals surface area contributed by atoms with Crippen LogP contribution in [0.3, 0.4) is 0 Å². The van der Waals surface area contributed by atoms with Crippen molar-refractivity contribution in [3.63, 3.8) is 0 Å². The molecule has 0 aliphatic carbocycles. The van der Waals surface area contributed by atoms with Gasteiger partial charge in [-0.15, -0.1) is 0 Å². The topological polar surface area (TPSA) is 84.4 Å². The van der Waals surface area contributed by atoms with Crippen molar-refractivity contribution in [2.45, 2.75) is 10.8 Å². The molecule has 1 aliphatic heterocycles. The zero-order chi connectivity index (χ0) is 22.7. The number of likely N-dealkylation sites (tertiary alicyclic amines) is 1. The third-order valence-corrected chi connectivity index (χ3v) is 6.55. The molecule has 2 aromatic carbocycles. The summed E-state index contributed by atoms with van der Waals surface area (Å²) in [7, 11) is -3.35. The first kappa shape index (κ1) is 21.6. The van der Waals surface area contributed by atoms with Crippen LogP contribution in [-0.2, 0) is 14.6 Å². The standard InChI is InChI=1S/C25H22N2O4S/c1-32(30,31)22-12-10-19(11-13-22)25(29)27-16-20(15-21-9-5-6-14-26-21)24(28)23(17-27)18-7-3-2-4-8-18/h2-15,23H,16-17H2,1H3. The summed E-state index contributed by atoms with van der Waals surface area (Å²) in [6.45, 7) is 0.403. The summed E-state index contributed by atoms with van der Waals surface area (Å²) >= 11 is 0. The van der Waals surface area contributed by atoms with E-state index >= 15 is 0 Å². The highest BCUT2D eigenvalue weighted by Crippen LogP contribution is 2.29. The van der Waals surface area contributed by atoms with Gasteiger partial charge < -0.3 is 4.90 Å². The predicted molar refractivity (Wildman–Crippen MR) is 122 cm³/mol. The Labute approximate surface area is 187 Å². The number of carbonyl (C=O) groups is 2. The molecule has 1 aliphatic rings. The normalized spacial score (nSPS) is 18.0. The van der Waals surface area contributed by atoms with Crippen LogP contribution in [0.4, 0.5) is 0 Å². The van der Waals surface area contributed by atoms with Gasteiger partial charge in [-0.05, 0) is 48.0 Å². The van der Waals surface area contributed by atoms with Crippen LogP contribution in [0.1, 0.15) is 27.5 Å². The fraction of sp³-hybridized carbons (Fsp3) is 0.160. The van der Waals surface area contributed by atoms with Crippen LogP contribution < -0.4 is 0 Å². The smallest absolute Gasteiger partial charge is 0.254 e. The number of sulfone groups is 1. The first-order valence-electron chi connectivity index (χ1n) is 10.1. The van der Waals surface area contributed by atoms with Gasteiger partial charge in [0.2, 0.25) is 0 Å². The van der Waals surface area contributed by atoms with Crippen LogP contribution >= 0.6 is 0 Å². The molecule has 4 rings (SSSR count). The molecule has 2 heterocycles. The molecular formula is C25H22N2O4S. The van der Waals surface area contributed by atoms with E-state index in [-0.39, 0.29) is 29.7 Å². The number of carbonyl (C=O) groups excluding carboxylic acids is 2. The summed E-state index contributed by atoms with van der Waals surface area (Å²) in [5, 5.41) is 0. The van der Waals surface area contributed by atoms with E-state index in [4.69, 9.17) is 0 Å². The van der Waals surface area contributed by atoms with Gasteiger partial charge in [0.25, 0.3) is 5.91 Å². The number of pyridine rings is 1. The second kappa shape index (κ2) is 8.88. The van der Waals surface area contributed by atoms with E-state index in [0.29, 0.717) is 16.8 Å². The number of nitrogens with zero attached hydrogens (tertiary/aromatic N) is 2. The van der Waals surface area contributed by atoms with Crippen molar-refractivity contribution in [3.8, 4) is 0 Å². The quantitative estimate of drug-likeness (QED) is 0.574. The highest BCUT2D eigenvalue weighted by Gasteiger charge is 2.34. The zero-order valence-electron chi connectivity index (χ0n) is 17.5. The van der Waals surface area contributed by atoms with Crippen LogP contribution in [0, 0.1) is 0 Å². The molecule has 1 aromatic heterocycles. The van der Waals surface area contributed by atoms with Crippen LogP contribution in [-0.4, -0.2) is 49.3 Å². The molecule has 3 aromatic rings. The van der Waals surface area contributed by atoms with E-state index in [1.165, 1.54) is 24.3 Å². The van der Waals surface area contributed by atoms with E-state index in [9.17, 15) is 18.0 Å². The monoisotopic (exact) mass is 446 g/mol. The number of Topliss-reactive ketones (excluding diaryl/α,β-unsaturated/α-hetero) is 1. The zero-order valence-corrected chi connectivity index (χ0v) is 18.3. The average molecular weight is 447 g/mol. The summed E-state index contributed by atoms with van der Waals surface area (Å²) < 4.78 is 23.4. The summed E-state index contributed by atoms with van der Waals surface area (Å²) in [6.07, 6.45) is 4.50. The summed E-state index contributed by atoms with van der Waals surface area (Å²) in [4.78, 5) is 32.6. The van der Waals surface area contributed by atoms with E-state index in [0.717, 1.165) is 11.8 Å². The van der Waals surface area contributed by atoms with Gasteiger partial charge in [0.05, 0.1) is 16.5 Å². The molecule has 0 saturated carbocycles. The molecule has 7 heteroatoms. The Kier molecular flexibility index (Phi) is 6.01. The van der Waals surface area contributed by atoms with Gasteiger partial charge in [-0.2, -0.15) is 0 Å². The van der Waals surface area contributed by atoms with E-state index < -0.39 is 15.8 Å². The summed E-state index contributed by atoms with van der Waals surface area (Å²) in [5.74, 6) is -0.775. The number of amides is 1. The Hall–Kier alpha value is -3.58. The Morgan fingerprint density at radius 2 is 1.69 bits per heavy atom. The third kappa shape index (κ3) is 4.68. The number of hydrogen-bond donors (Lipinski definition) is 0. The fourth-order valence-electron chi connectivity index (χ4n) is 3.76. The van der Waals surface area contributed by atoms with Crippen LogP contribution in [0.2, 0.25) is 0 Å². The third-order valence-electron chi connectivity index (χ3n) is 5.43. The van der Waals surface area contributed by atoms with Gasteiger partial charge >= 0.3 is 0 Å². The Morgan fingerprint density at radius 3 is 2.31 bits per heavy atom. The van der Waals surface area contributed by atoms with Crippen molar-refractivity contribution in [1.82, 2.24) is 9.88 Å². The lowest BCUT2D eigenvalue weighted by Crippen LogP contribution is -2.44. The number of ketones is 1. The van der Waals surface area contributed by atoms with Gasteiger partial charge in [0.15, 0.2) is 15.6 Å². The SMILES string of the molecule is CS(=O)(=O)c1ccc(C(=O)N2CC(=Cc3ccccn3)C(=O)C(c3ccccc3)C2)cc1. The predicted octanol–water partition coefficient (Wildman–Crippen LogP) is 3.38. The van der Waals surface area contributed by atoms with Crippen LogP contribution in [0.5, 0.6) is 0 Å². The minimum Gasteiger partial charge on any atom is -0.333 e. The number of benzene rings is 2. The van der Waals surface area contributed by atoms with Crippen molar-refractivity contribution < 1.29 is 18.0 Å². The lowest BCUT2D eigenvalue weighted by molar-refractivity contribution is -0.118. The van der Waals surface area contributed by atoms with Gasteiger partial charge in [0, 0.05) is 36.7 Å². The van der Waals surface area contributed by atoms with Gasteiger partial charge in [0.1, 0.15) is 0 Å². The second-order valence-electron chi connectivity index (χ2n) is 7.73. The molecule has 1 atom stereocenters. The Morgan fingerprint density at radius 1 is 1.00 bits per heavy atom. The Balaban J connectivity index is 1.69. The van der Waals surface area contributed by atoms with E-state index in [1.54, 1.807) is 23.2 Å². The minimum absolute atomic E-state index is 0.0293. The maximum atomic E-state index is 13.3. The lowest BCUT2D eigenvalue weighted by atomic mass is 9.85. The van der Waals surface area contributed by atoms with Gasteiger partial charge in [-0.3, -0.25) is 14.6 Å². The van der Waals surface area contributed by atoms with Crippen molar-refractivity contribution in [2.24, 2.45) is 0 Å². The molecule has 0 bridgehead atoms. The number of rotatable bonds is 4. The summed E-state index contributed by atoms with van der Waals surface area (Å²) in [5.41, 5.74) is 2.37. The molecule has 1 amide bonds. The molecule has 0 N–H and O–H groups in total. The lowest BCUT2D eigenvalue weighted by Gasteiger charge is -2.34. The molecule has 32 heavy (non-hydrogen) atoms. The second-order valence-corrected chi connectivity index (χ2v) is 9.75. The highest BCUT2D eigenvalue weighted by atomic mass is 32.2. The maximum absolute atomic E-state index is 13.3. The van der Waals surface area contributed by atoms with Crippen molar-refractivity contribution in [3.05, 3.63) is 101 Å². The average Bonchev–Trinajstić information content (AvgIpc) is 2.81. The van der Waals surface area contributed by atoms with E-state index in [1.807, 2.05) is 42.5 Å². The van der Waals surface area contributed by atoms with E-state index in [2.05, 4.69) is 4.98 Å². The molecular weight excluding hydrogens is 424 g/mol. The Bertz CT molecular complexity index is 1270. The molecule has 1 saturated heterocycles. The first-order chi connectivity index (χ1) is 15.3. The minimum atomic E-state index is -3.35. The maximum Gasteiger partial charge on any atom is 0.254 e. The van der Waals surface area contributed by atoms with Crippen molar-refractivity contribution in [2.75, 3.05) is 19.3 Å². The van der Waals surface area contributed by atoms with Crippen molar-refractivity contribution in [1.29, 1.82) is 0 Å². The molecule has 1 fully saturated rings. The molecule has 6 nitrogen and oxygen atoms in total. The first-order valence-corrected chi connectivity index (χ1v) is 12.0. The van der Waals surface area contributed by atoms with Crippen LogP contribution in [0.25, 0.3) is 6.08 Å². The summed E-state index contributed by atoms with van der Waals surface area (Å²) in [6, 6.07) is 20.7. The van der Waals surface area contributed by atoms with Gasteiger partial charge in [-0.1, -0.05) is 36.4 Å². The fourth-order valence-corrected chi connectivity index (χ4v) is 4.39.